The van der Waals surface area contributed by atoms with Gasteiger partial charge in [0, 0.05) is 27.6 Å². The average Bonchev–Trinajstić information content (AvgIpc) is 3.78. The highest BCUT2D eigenvalue weighted by atomic mass is 15.0. The maximum atomic E-state index is 5.36. The molecule has 0 saturated carbocycles. The molecule has 262 valence electrons. The van der Waals surface area contributed by atoms with Crippen LogP contribution in [0.15, 0.2) is 200 Å². The fourth-order valence-electron chi connectivity index (χ4n) is 8.49. The Morgan fingerprint density at radius 2 is 0.911 bits per heavy atom. The molecule has 10 aromatic rings. The summed E-state index contributed by atoms with van der Waals surface area (Å²) in [5.74, 6) is 1.86. The Kier molecular flexibility index (Phi) is 7.52. The number of benzene rings is 8. The highest BCUT2D eigenvalue weighted by molar-refractivity contribution is 6.11. The van der Waals surface area contributed by atoms with Crippen LogP contribution in [0.1, 0.15) is 22.9 Å². The smallest absolute Gasteiger partial charge is 0.163 e. The van der Waals surface area contributed by atoms with Gasteiger partial charge in [-0.25, -0.2) is 15.0 Å². The molecule has 1 aliphatic carbocycles. The lowest BCUT2D eigenvalue weighted by Gasteiger charge is -2.16. The van der Waals surface area contributed by atoms with Crippen LogP contribution < -0.4 is 0 Å². The molecule has 0 amide bonds. The molecule has 0 saturated heterocycles. The predicted octanol–water partition coefficient (Wildman–Crippen LogP) is 12.8. The summed E-state index contributed by atoms with van der Waals surface area (Å²) in [4.78, 5) is 15.8. The molecule has 0 radical (unpaired) electrons. The molecule has 1 unspecified atom stereocenters. The van der Waals surface area contributed by atoms with Gasteiger partial charge in [0.2, 0.25) is 0 Å². The van der Waals surface area contributed by atoms with Gasteiger partial charge < -0.3 is 4.57 Å². The Balaban J connectivity index is 1.12. The summed E-state index contributed by atoms with van der Waals surface area (Å²) in [5, 5.41) is 2.45. The van der Waals surface area contributed by atoms with Crippen molar-refractivity contribution in [1.82, 2.24) is 19.5 Å². The van der Waals surface area contributed by atoms with Gasteiger partial charge in [-0.2, -0.15) is 0 Å². The van der Waals surface area contributed by atoms with Crippen LogP contribution in [0.4, 0.5) is 0 Å². The topological polar surface area (TPSA) is 43.6 Å². The Bertz CT molecular complexity index is 3060. The maximum absolute atomic E-state index is 5.36. The van der Waals surface area contributed by atoms with Gasteiger partial charge >= 0.3 is 0 Å². The predicted molar refractivity (Wildman–Crippen MR) is 229 cm³/mol. The molecule has 0 aliphatic heterocycles. The Morgan fingerprint density at radius 3 is 1.66 bits per heavy atom. The molecule has 4 heteroatoms. The van der Waals surface area contributed by atoms with Crippen molar-refractivity contribution in [2.45, 2.75) is 5.92 Å². The lowest BCUT2D eigenvalue weighted by Crippen LogP contribution is -2.09. The molecule has 0 bridgehead atoms. The molecule has 0 fully saturated rings. The van der Waals surface area contributed by atoms with E-state index in [-0.39, 0.29) is 5.92 Å². The van der Waals surface area contributed by atoms with E-state index in [0.717, 1.165) is 39.3 Å². The third-order valence-electron chi connectivity index (χ3n) is 11.1. The molecule has 1 aliphatic rings. The second kappa shape index (κ2) is 13.2. The maximum Gasteiger partial charge on any atom is 0.163 e. The Hall–Kier alpha value is -7.43. The molecule has 4 nitrogen and oxygen atoms in total. The van der Waals surface area contributed by atoms with Crippen molar-refractivity contribution in [3.8, 4) is 61.8 Å². The van der Waals surface area contributed by atoms with Gasteiger partial charge in [0.05, 0.1) is 17.0 Å². The number of para-hydroxylation sites is 1. The van der Waals surface area contributed by atoms with Gasteiger partial charge in [0.1, 0.15) is 5.82 Å². The van der Waals surface area contributed by atoms with E-state index >= 15 is 0 Å². The molecule has 56 heavy (non-hydrogen) atoms. The first-order valence-corrected chi connectivity index (χ1v) is 19.1. The van der Waals surface area contributed by atoms with Gasteiger partial charge in [0.25, 0.3) is 0 Å². The Labute approximate surface area is 325 Å². The monoisotopic (exact) mass is 714 g/mol. The highest BCUT2D eigenvalue weighted by Gasteiger charge is 2.34. The number of hydrogen-bond donors (Lipinski definition) is 0. The van der Waals surface area contributed by atoms with Crippen LogP contribution in [0, 0.1) is 0 Å². The lowest BCUT2D eigenvalue weighted by molar-refractivity contribution is 0.856. The fraction of sp³-hybridized carbons (Fsp3) is 0.0192. The molecule has 0 spiro atoms. The van der Waals surface area contributed by atoms with Crippen molar-refractivity contribution in [2.24, 2.45) is 0 Å². The van der Waals surface area contributed by atoms with E-state index in [1.807, 2.05) is 24.3 Å². The molecular weight excluding hydrogens is 681 g/mol. The van der Waals surface area contributed by atoms with E-state index in [1.54, 1.807) is 0 Å². The number of rotatable bonds is 6. The molecule has 8 aromatic carbocycles. The van der Waals surface area contributed by atoms with Crippen LogP contribution in [0.3, 0.4) is 0 Å². The number of hydrogen-bond acceptors (Lipinski definition) is 3. The van der Waals surface area contributed by atoms with Crippen molar-refractivity contribution >= 4 is 21.8 Å². The van der Waals surface area contributed by atoms with Gasteiger partial charge in [-0.05, 0) is 80.9 Å². The minimum absolute atomic E-state index is 0.195. The van der Waals surface area contributed by atoms with Crippen molar-refractivity contribution in [2.75, 3.05) is 0 Å². The minimum atomic E-state index is -0.195. The van der Waals surface area contributed by atoms with E-state index in [0.29, 0.717) is 11.6 Å². The number of fused-ring (bicyclic) bond motifs is 6. The van der Waals surface area contributed by atoms with E-state index in [1.165, 1.54) is 49.7 Å². The first kappa shape index (κ1) is 32.0. The zero-order chi connectivity index (χ0) is 37.0. The molecule has 11 rings (SSSR count). The lowest BCUT2D eigenvalue weighted by atomic mass is 9.95. The number of nitrogens with zero attached hydrogens (tertiary/aromatic N) is 4. The van der Waals surface area contributed by atoms with E-state index in [9.17, 15) is 0 Å². The van der Waals surface area contributed by atoms with Gasteiger partial charge in [0.15, 0.2) is 11.6 Å². The van der Waals surface area contributed by atoms with Crippen molar-refractivity contribution in [3.63, 3.8) is 0 Å². The van der Waals surface area contributed by atoms with E-state index in [4.69, 9.17) is 15.0 Å². The van der Waals surface area contributed by atoms with Gasteiger partial charge in [-0.3, -0.25) is 0 Å². The van der Waals surface area contributed by atoms with Crippen LogP contribution in [0.2, 0.25) is 0 Å². The highest BCUT2D eigenvalue weighted by Crippen LogP contribution is 2.50. The first-order chi connectivity index (χ1) is 27.8. The van der Waals surface area contributed by atoms with Crippen molar-refractivity contribution in [3.05, 3.63) is 217 Å². The van der Waals surface area contributed by atoms with E-state index in [2.05, 4.69) is 180 Å². The molecule has 2 heterocycles. The zero-order valence-corrected chi connectivity index (χ0v) is 30.4. The summed E-state index contributed by atoms with van der Waals surface area (Å²) in [6.45, 7) is 0. The minimum Gasteiger partial charge on any atom is -0.309 e. The third kappa shape index (κ3) is 5.34. The molecular formula is C52H34N4. The summed E-state index contributed by atoms with van der Waals surface area (Å²) in [7, 11) is 0. The second-order valence-corrected chi connectivity index (χ2v) is 14.4. The fourth-order valence-corrected chi connectivity index (χ4v) is 8.49. The van der Waals surface area contributed by atoms with Crippen molar-refractivity contribution in [1.29, 1.82) is 0 Å². The summed E-state index contributed by atoms with van der Waals surface area (Å²) < 4.78 is 2.41. The summed E-state index contributed by atoms with van der Waals surface area (Å²) in [6.07, 6.45) is 0. The summed E-state index contributed by atoms with van der Waals surface area (Å²) in [6, 6.07) is 71.0. The third-order valence-corrected chi connectivity index (χ3v) is 11.1. The van der Waals surface area contributed by atoms with Crippen LogP contribution in [-0.4, -0.2) is 19.5 Å². The van der Waals surface area contributed by atoms with E-state index < -0.39 is 0 Å². The van der Waals surface area contributed by atoms with Crippen LogP contribution in [0.5, 0.6) is 0 Å². The zero-order valence-electron chi connectivity index (χ0n) is 30.4. The molecule has 1 atom stereocenters. The quantitative estimate of drug-likeness (QED) is 0.172. The molecule has 2 aromatic heterocycles. The van der Waals surface area contributed by atoms with Crippen LogP contribution >= 0.6 is 0 Å². The normalized spacial score (nSPS) is 13.2. The largest absolute Gasteiger partial charge is 0.309 e. The van der Waals surface area contributed by atoms with Gasteiger partial charge in [-0.15, -0.1) is 0 Å². The second-order valence-electron chi connectivity index (χ2n) is 14.4. The van der Waals surface area contributed by atoms with Crippen LogP contribution in [0.25, 0.3) is 83.6 Å². The summed E-state index contributed by atoms with van der Waals surface area (Å²) >= 11 is 0. The van der Waals surface area contributed by atoms with Gasteiger partial charge in [-0.1, -0.05) is 164 Å². The standard InChI is InChI=1S/C52H34N4/c1-4-15-34(16-5-1)36-27-29-40(30-28-36)56-47-26-13-12-24-42(47)45-32-44-41-23-10-11-25-43(41)49(46(44)33-48(45)56)52-54-50(37-19-8-3-9-20-37)53-51(55-52)39-22-14-21-38(31-39)35-17-6-2-7-18-35/h1-33,49H. The SMILES string of the molecule is c1ccc(-c2ccc(-n3c4ccccc4c4cc5c(cc43)C(c3nc(-c4ccccc4)nc(-c4cccc(-c6ccccc6)c4)n3)c3ccccc3-5)cc2)cc1. The average molecular weight is 715 g/mol. The van der Waals surface area contributed by atoms with Crippen LogP contribution in [-0.2, 0) is 0 Å². The molecule has 0 N–H and O–H groups in total. The Morgan fingerprint density at radius 1 is 0.339 bits per heavy atom. The number of aromatic nitrogens is 4. The van der Waals surface area contributed by atoms with Crippen molar-refractivity contribution < 1.29 is 0 Å². The first-order valence-electron chi connectivity index (χ1n) is 19.1. The summed E-state index contributed by atoms with van der Waals surface area (Å²) in [5.41, 5.74) is 14.9.